The molecule has 0 aromatic heterocycles. The molecular formula is C14H16BrFN2O2. The van der Waals surface area contributed by atoms with E-state index in [-0.39, 0.29) is 28.1 Å². The van der Waals surface area contributed by atoms with Crippen LogP contribution in [0.2, 0.25) is 0 Å². The molecule has 0 spiro atoms. The first-order valence-electron chi connectivity index (χ1n) is 6.49. The zero-order valence-corrected chi connectivity index (χ0v) is 12.7. The van der Waals surface area contributed by atoms with Crippen LogP contribution in [0.15, 0.2) is 22.7 Å². The van der Waals surface area contributed by atoms with Gasteiger partial charge >= 0.3 is 0 Å². The average molecular weight is 343 g/mol. The van der Waals surface area contributed by atoms with Gasteiger partial charge < -0.3 is 10.2 Å². The quantitative estimate of drug-likeness (QED) is 0.896. The van der Waals surface area contributed by atoms with E-state index in [1.54, 1.807) is 4.90 Å². The minimum absolute atomic E-state index is 0.0442. The Hall–Kier alpha value is -1.43. The summed E-state index contributed by atoms with van der Waals surface area (Å²) in [7, 11) is 0. The van der Waals surface area contributed by atoms with Gasteiger partial charge in [0.05, 0.1) is 4.47 Å². The van der Waals surface area contributed by atoms with E-state index >= 15 is 0 Å². The second-order valence-electron chi connectivity index (χ2n) is 4.90. The minimum Gasteiger partial charge on any atom is -0.353 e. The van der Waals surface area contributed by atoms with Gasteiger partial charge in [0.25, 0.3) is 5.91 Å². The summed E-state index contributed by atoms with van der Waals surface area (Å²) in [5.74, 6) is -0.532. The summed E-state index contributed by atoms with van der Waals surface area (Å²) in [6, 6.07) is 4.40. The number of rotatable bonds is 2. The lowest BCUT2D eigenvalue weighted by Crippen LogP contribution is -2.46. The monoisotopic (exact) mass is 342 g/mol. The lowest BCUT2D eigenvalue weighted by atomic mass is 10.0. The molecule has 1 aromatic carbocycles. The number of hydrogen-bond donors (Lipinski definition) is 1. The van der Waals surface area contributed by atoms with Crippen molar-refractivity contribution in [1.82, 2.24) is 10.2 Å². The van der Waals surface area contributed by atoms with Gasteiger partial charge in [0.15, 0.2) is 0 Å². The zero-order valence-electron chi connectivity index (χ0n) is 11.2. The number of benzene rings is 1. The summed E-state index contributed by atoms with van der Waals surface area (Å²) in [6.45, 7) is 2.69. The SMILES string of the molecule is CC(=O)NC1CCN(C(=O)c2ccc(F)c(Br)c2)CC1. The van der Waals surface area contributed by atoms with Crippen LogP contribution in [0.1, 0.15) is 30.1 Å². The number of halogens is 2. The van der Waals surface area contributed by atoms with Crippen molar-refractivity contribution in [2.75, 3.05) is 13.1 Å². The van der Waals surface area contributed by atoms with E-state index in [1.807, 2.05) is 0 Å². The van der Waals surface area contributed by atoms with Gasteiger partial charge in [-0.25, -0.2) is 4.39 Å². The summed E-state index contributed by atoms with van der Waals surface area (Å²) in [6.07, 6.45) is 1.49. The summed E-state index contributed by atoms with van der Waals surface area (Å²) in [4.78, 5) is 25.0. The van der Waals surface area contributed by atoms with Gasteiger partial charge in [0.1, 0.15) is 5.82 Å². The molecule has 0 atom stereocenters. The number of piperidine rings is 1. The molecule has 20 heavy (non-hydrogen) atoms. The highest BCUT2D eigenvalue weighted by Gasteiger charge is 2.24. The molecule has 1 saturated heterocycles. The van der Waals surface area contributed by atoms with E-state index in [2.05, 4.69) is 21.2 Å². The second kappa shape index (κ2) is 6.35. The van der Waals surface area contributed by atoms with Crippen LogP contribution >= 0.6 is 15.9 Å². The van der Waals surface area contributed by atoms with Crippen LogP contribution < -0.4 is 5.32 Å². The molecule has 0 aliphatic carbocycles. The fraction of sp³-hybridized carbons (Fsp3) is 0.429. The maximum absolute atomic E-state index is 13.2. The molecule has 1 fully saturated rings. The highest BCUT2D eigenvalue weighted by atomic mass is 79.9. The maximum atomic E-state index is 13.2. The molecule has 1 heterocycles. The molecule has 1 aliphatic rings. The molecule has 6 heteroatoms. The Labute approximate surface area is 125 Å². The van der Waals surface area contributed by atoms with Gasteiger partial charge in [0, 0.05) is 31.6 Å². The van der Waals surface area contributed by atoms with Crippen LogP contribution in [-0.2, 0) is 4.79 Å². The van der Waals surface area contributed by atoms with Crippen molar-refractivity contribution in [1.29, 1.82) is 0 Å². The third-order valence-corrected chi connectivity index (χ3v) is 3.96. The summed E-state index contributed by atoms with van der Waals surface area (Å²) in [5.41, 5.74) is 0.469. The van der Waals surface area contributed by atoms with Crippen LogP contribution in [0.25, 0.3) is 0 Å². The first-order chi connectivity index (χ1) is 9.47. The molecule has 0 saturated carbocycles. The molecule has 108 valence electrons. The molecule has 1 aliphatic heterocycles. The number of carbonyl (C=O) groups excluding carboxylic acids is 2. The minimum atomic E-state index is -0.383. The van der Waals surface area contributed by atoms with Crippen LogP contribution in [0.4, 0.5) is 4.39 Å². The predicted molar refractivity (Wildman–Crippen MR) is 76.8 cm³/mol. The average Bonchev–Trinajstić information content (AvgIpc) is 2.41. The van der Waals surface area contributed by atoms with E-state index in [9.17, 15) is 14.0 Å². The van der Waals surface area contributed by atoms with Crippen LogP contribution in [0.5, 0.6) is 0 Å². The Morgan fingerprint density at radius 3 is 2.55 bits per heavy atom. The summed E-state index contributed by atoms with van der Waals surface area (Å²) >= 11 is 3.08. The van der Waals surface area contributed by atoms with Crippen molar-refractivity contribution in [2.24, 2.45) is 0 Å². The van der Waals surface area contributed by atoms with E-state index < -0.39 is 0 Å². The maximum Gasteiger partial charge on any atom is 0.253 e. The molecule has 0 radical (unpaired) electrons. The van der Waals surface area contributed by atoms with Crippen molar-refractivity contribution < 1.29 is 14.0 Å². The number of likely N-dealkylation sites (tertiary alicyclic amines) is 1. The third-order valence-electron chi connectivity index (χ3n) is 3.36. The number of nitrogens with one attached hydrogen (secondary N) is 1. The second-order valence-corrected chi connectivity index (χ2v) is 5.75. The van der Waals surface area contributed by atoms with Gasteiger partial charge in [-0.2, -0.15) is 0 Å². The smallest absolute Gasteiger partial charge is 0.253 e. The number of hydrogen-bond acceptors (Lipinski definition) is 2. The van der Waals surface area contributed by atoms with Gasteiger partial charge in [-0.1, -0.05) is 0 Å². The molecule has 1 aromatic rings. The van der Waals surface area contributed by atoms with Gasteiger partial charge in [-0.05, 0) is 47.0 Å². The first-order valence-corrected chi connectivity index (χ1v) is 7.28. The van der Waals surface area contributed by atoms with E-state index in [4.69, 9.17) is 0 Å². The summed E-state index contributed by atoms with van der Waals surface area (Å²) in [5, 5.41) is 2.86. The van der Waals surface area contributed by atoms with E-state index in [1.165, 1.54) is 25.1 Å². The number of nitrogens with zero attached hydrogens (tertiary/aromatic N) is 1. The third kappa shape index (κ3) is 3.56. The Morgan fingerprint density at radius 2 is 2.00 bits per heavy atom. The topological polar surface area (TPSA) is 49.4 Å². The molecule has 4 nitrogen and oxygen atoms in total. The van der Waals surface area contributed by atoms with Gasteiger partial charge in [-0.3, -0.25) is 9.59 Å². The largest absolute Gasteiger partial charge is 0.353 e. The number of amides is 2. The van der Waals surface area contributed by atoms with Crippen molar-refractivity contribution in [3.8, 4) is 0 Å². The Kier molecular flexibility index (Phi) is 4.75. The molecule has 0 unspecified atom stereocenters. The van der Waals surface area contributed by atoms with Gasteiger partial charge in [-0.15, -0.1) is 0 Å². The van der Waals surface area contributed by atoms with Crippen LogP contribution in [0.3, 0.4) is 0 Å². The zero-order chi connectivity index (χ0) is 14.7. The highest BCUT2D eigenvalue weighted by molar-refractivity contribution is 9.10. The van der Waals surface area contributed by atoms with Gasteiger partial charge in [0.2, 0.25) is 5.91 Å². The fourth-order valence-corrected chi connectivity index (χ4v) is 2.70. The first kappa shape index (κ1) is 15.0. The van der Waals surface area contributed by atoms with E-state index in [0.29, 0.717) is 18.7 Å². The molecule has 2 rings (SSSR count). The normalized spacial score (nSPS) is 16.1. The predicted octanol–water partition coefficient (Wildman–Crippen LogP) is 2.33. The van der Waals surface area contributed by atoms with Crippen molar-refractivity contribution in [3.05, 3.63) is 34.1 Å². The molecule has 2 amide bonds. The Morgan fingerprint density at radius 1 is 1.35 bits per heavy atom. The Bertz CT molecular complexity index is 528. The standard InChI is InChI=1S/C14H16BrFN2O2/c1-9(19)17-11-4-6-18(7-5-11)14(20)10-2-3-13(16)12(15)8-10/h2-3,8,11H,4-7H2,1H3,(H,17,19). The Balaban J connectivity index is 1.97. The molecule has 1 N–H and O–H groups in total. The molecule has 0 bridgehead atoms. The van der Waals surface area contributed by atoms with E-state index in [0.717, 1.165) is 12.8 Å². The summed E-state index contributed by atoms with van der Waals surface area (Å²) < 4.78 is 13.5. The van der Waals surface area contributed by atoms with Crippen molar-refractivity contribution in [2.45, 2.75) is 25.8 Å². The lowest BCUT2D eigenvalue weighted by molar-refractivity contribution is -0.119. The lowest BCUT2D eigenvalue weighted by Gasteiger charge is -2.32. The van der Waals surface area contributed by atoms with Crippen molar-refractivity contribution in [3.63, 3.8) is 0 Å². The fourth-order valence-electron chi connectivity index (χ4n) is 2.33. The number of carbonyl (C=O) groups is 2. The van der Waals surface area contributed by atoms with Crippen molar-refractivity contribution >= 4 is 27.7 Å². The molecular weight excluding hydrogens is 327 g/mol. The van der Waals surface area contributed by atoms with Crippen LogP contribution in [-0.4, -0.2) is 35.8 Å². The highest BCUT2D eigenvalue weighted by Crippen LogP contribution is 2.19. The van der Waals surface area contributed by atoms with Crippen LogP contribution in [0, 0.1) is 5.82 Å².